The summed E-state index contributed by atoms with van der Waals surface area (Å²) in [7, 11) is 0. The van der Waals surface area contributed by atoms with Gasteiger partial charge in [-0.05, 0) is 39.0 Å². The van der Waals surface area contributed by atoms with E-state index in [0.29, 0.717) is 5.56 Å². The Morgan fingerprint density at radius 2 is 2.05 bits per heavy atom. The van der Waals surface area contributed by atoms with E-state index in [0.717, 1.165) is 17.1 Å². The standard InChI is InChI=1S/C15H16N2O4/c1-8-6-12(10(3)21-8)9(2)17-14(18)11-4-5-13(15(19)20)16-7-11/h4-7,9H,1-3H3,(H,17,18)(H,19,20)/t9-/m0/s1. The van der Waals surface area contributed by atoms with Gasteiger partial charge in [-0.1, -0.05) is 0 Å². The van der Waals surface area contributed by atoms with Crippen molar-refractivity contribution in [1.82, 2.24) is 10.3 Å². The summed E-state index contributed by atoms with van der Waals surface area (Å²) in [6.07, 6.45) is 1.25. The highest BCUT2D eigenvalue weighted by Crippen LogP contribution is 2.21. The molecular weight excluding hydrogens is 272 g/mol. The largest absolute Gasteiger partial charge is 0.477 e. The Bertz CT molecular complexity index is 673. The highest BCUT2D eigenvalue weighted by molar-refractivity contribution is 5.95. The number of hydrogen-bond donors (Lipinski definition) is 2. The van der Waals surface area contributed by atoms with Gasteiger partial charge in [0.05, 0.1) is 11.6 Å². The number of carboxylic acids is 1. The maximum Gasteiger partial charge on any atom is 0.354 e. The lowest BCUT2D eigenvalue weighted by Crippen LogP contribution is -2.27. The van der Waals surface area contributed by atoms with Gasteiger partial charge in [0, 0.05) is 11.8 Å². The molecule has 6 heteroatoms. The van der Waals surface area contributed by atoms with Gasteiger partial charge in [-0.25, -0.2) is 9.78 Å². The first-order chi connectivity index (χ1) is 9.88. The van der Waals surface area contributed by atoms with Gasteiger partial charge in [0.15, 0.2) is 0 Å². The van der Waals surface area contributed by atoms with Crippen LogP contribution in [0.1, 0.15) is 50.9 Å². The molecule has 0 saturated carbocycles. The van der Waals surface area contributed by atoms with Crippen LogP contribution in [-0.4, -0.2) is 22.0 Å². The molecule has 0 aliphatic rings. The van der Waals surface area contributed by atoms with Crippen LogP contribution in [0.3, 0.4) is 0 Å². The number of hydrogen-bond acceptors (Lipinski definition) is 4. The van der Waals surface area contributed by atoms with Crippen LogP contribution in [-0.2, 0) is 0 Å². The maximum absolute atomic E-state index is 12.1. The predicted octanol–water partition coefficient (Wildman–Crippen LogP) is 2.48. The Hall–Kier alpha value is -2.63. The summed E-state index contributed by atoms with van der Waals surface area (Å²) in [6.45, 7) is 5.54. The van der Waals surface area contributed by atoms with Crippen molar-refractivity contribution in [3.8, 4) is 0 Å². The van der Waals surface area contributed by atoms with Gasteiger partial charge in [0.1, 0.15) is 17.2 Å². The first-order valence-electron chi connectivity index (χ1n) is 6.45. The number of nitrogens with zero attached hydrogens (tertiary/aromatic N) is 1. The molecule has 0 radical (unpaired) electrons. The van der Waals surface area contributed by atoms with Crippen LogP contribution in [0.4, 0.5) is 0 Å². The number of carbonyl (C=O) groups is 2. The Morgan fingerprint density at radius 3 is 2.52 bits per heavy atom. The second-order valence-corrected chi connectivity index (χ2v) is 4.80. The molecule has 1 atom stereocenters. The van der Waals surface area contributed by atoms with Crippen LogP contribution in [0.5, 0.6) is 0 Å². The van der Waals surface area contributed by atoms with Crippen molar-refractivity contribution in [1.29, 1.82) is 0 Å². The first kappa shape index (κ1) is 14.8. The number of aromatic nitrogens is 1. The van der Waals surface area contributed by atoms with Crippen molar-refractivity contribution in [2.75, 3.05) is 0 Å². The number of aromatic carboxylic acids is 1. The highest BCUT2D eigenvalue weighted by Gasteiger charge is 2.16. The number of carboxylic acid groups (broad SMARTS) is 1. The second-order valence-electron chi connectivity index (χ2n) is 4.80. The SMILES string of the molecule is Cc1cc([C@H](C)NC(=O)c2ccc(C(=O)O)nc2)c(C)o1. The second kappa shape index (κ2) is 5.78. The number of aryl methyl sites for hydroxylation is 2. The van der Waals surface area contributed by atoms with Gasteiger partial charge < -0.3 is 14.8 Å². The molecule has 6 nitrogen and oxygen atoms in total. The number of amides is 1. The third kappa shape index (κ3) is 3.28. The molecule has 21 heavy (non-hydrogen) atoms. The molecule has 2 aromatic rings. The molecule has 2 aromatic heterocycles. The lowest BCUT2D eigenvalue weighted by Gasteiger charge is -2.13. The highest BCUT2D eigenvalue weighted by atomic mass is 16.4. The van der Waals surface area contributed by atoms with Crippen LogP contribution in [0.25, 0.3) is 0 Å². The molecule has 0 bridgehead atoms. The monoisotopic (exact) mass is 288 g/mol. The van der Waals surface area contributed by atoms with E-state index in [1.807, 2.05) is 26.8 Å². The molecule has 2 rings (SSSR count). The van der Waals surface area contributed by atoms with Crippen molar-refractivity contribution >= 4 is 11.9 Å². The van der Waals surface area contributed by atoms with Crippen molar-refractivity contribution < 1.29 is 19.1 Å². The lowest BCUT2D eigenvalue weighted by molar-refractivity contribution is 0.0689. The van der Waals surface area contributed by atoms with Crippen LogP contribution in [0.2, 0.25) is 0 Å². The summed E-state index contributed by atoms with van der Waals surface area (Å²) in [4.78, 5) is 26.5. The Labute approximate surface area is 121 Å². The normalized spacial score (nSPS) is 12.0. The van der Waals surface area contributed by atoms with E-state index >= 15 is 0 Å². The summed E-state index contributed by atoms with van der Waals surface area (Å²) >= 11 is 0. The number of nitrogens with one attached hydrogen (secondary N) is 1. The van der Waals surface area contributed by atoms with Gasteiger partial charge in [-0.15, -0.1) is 0 Å². The molecule has 0 aliphatic heterocycles. The van der Waals surface area contributed by atoms with Crippen molar-refractivity contribution in [2.45, 2.75) is 26.8 Å². The molecule has 0 aliphatic carbocycles. The number of rotatable bonds is 4. The summed E-state index contributed by atoms with van der Waals surface area (Å²) in [6, 6.07) is 4.40. The molecule has 0 saturated heterocycles. The van der Waals surface area contributed by atoms with Crippen molar-refractivity contribution in [3.05, 3.63) is 52.7 Å². The lowest BCUT2D eigenvalue weighted by atomic mass is 10.1. The zero-order chi connectivity index (χ0) is 15.6. The third-order valence-electron chi connectivity index (χ3n) is 3.14. The van der Waals surface area contributed by atoms with Gasteiger partial charge in [0.2, 0.25) is 0 Å². The minimum absolute atomic E-state index is 0.0964. The fourth-order valence-electron chi connectivity index (χ4n) is 2.09. The van der Waals surface area contributed by atoms with E-state index < -0.39 is 5.97 Å². The molecule has 2 heterocycles. The van der Waals surface area contributed by atoms with Crippen LogP contribution < -0.4 is 5.32 Å². The molecule has 0 aromatic carbocycles. The van der Waals surface area contributed by atoms with E-state index in [4.69, 9.17) is 9.52 Å². The van der Waals surface area contributed by atoms with Crippen molar-refractivity contribution in [3.63, 3.8) is 0 Å². The number of pyridine rings is 1. The van der Waals surface area contributed by atoms with Crippen molar-refractivity contribution in [2.24, 2.45) is 0 Å². The Morgan fingerprint density at radius 1 is 1.33 bits per heavy atom. The van der Waals surface area contributed by atoms with E-state index in [-0.39, 0.29) is 17.6 Å². The summed E-state index contributed by atoms with van der Waals surface area (Å²) in [5.74, 6) is 0.112. The summed E-state index contributed by atoms with van der Waals surface area (Å²) in [5, 5.41) is 11.6. The number of furan rings is 1. The first-order valence-corrected chi connectivity index (χ1v) is 6.45. The van der Waals surface area contributed by atoms with Gasteiger partial charge in [-0.3, -0.25) is 4.79 Å². The van der Waals surface area contributed by atoms with Crippen LogP contribution in [0.15, 0.2) is 28.8 Å². The maximum atomic E-state index is 12.1. The fourth-order valence-corrected chi connectivity index (χ4v) is 2.09. The number of carbonyl (C=O) groups excluding carboxylic acids is 1. The minimum Gasteiger partial charge on any atom is -0.477 e. The quantitative estimate of drug-likeness (QED) is 0.901. The average Bonchev–Trinajstić information content (AvgIpc) is 2.77. The molecule has 0 fully saturated rings. The zero-order valence-electron chi connectivity index (χ0n) is 12.0. The summed E-state index contributed by atoms with van der Waals surface area (Å²) < 4.78 is 5.44. The van der Waals surface area contributed by atoms with E-state index in [2.05, 4.69) is 10.3 Å². The molecule has 0 spiro atoms. The van der Waals surface area contributed by atoms with Gasteiger partial charge in [0.25, 0.3) is 5.91 Å². The molecular formula is C15H16N2O4. The van der Waals surface area contributed by atoms with E-state index in [9.17, 15) is 9.59 Å². The minimum atomic E-state index is -1.13. The smallest absolute Gasteiger partial charge is 0.354 e. The topological polar surface area (TPSA) is 92.4 Å². The average molecular weight is 288 g/mol. The molecule has 2 N–H and O–H groups in total. The molecule has 110 valence electrons. The molecule has 0 unspecified atom stereocenters. The van der Waals surface area contributed by atoms with E-state index in [1.165, 1.54) is 18.3 Å². The summed E-state index contributed by atoms with van der Waals surface area (Å²) in [5.41, 5.74) is 1.13. The Kier molecular flexibility index (Phi) is 4.07. The van der Waals surface area contributed by atoms with Gasteiger partial charge >= 0.3 is 5.97 Å². The van der Waals surface area contributed by atoms with Gasteiger partial charge in [-0.2, -0.15) is 0 Å². The molecule has 1 amide bonds. The predicted molar refractivity (Wildman–Crippen MR) is 75.3 cm³/mol. The van der Waals surface area contributed by atoms with E-state index in [1.54, 1.807) is 0 Å². The Balaban J connectivity index is 2.10. The zero-order valence-corrected chi connectivity index (χ0v) is 12.0. The van der Waals surface area contributed by atoms with Crippen LogP contribution in [0, 0.1) is 13.8 Å². The fraction of sp³-hybridized carbons (Fsp3) is 0.267. The third-order valence-corrected chi connectivity index (χ3v) is 3.14. The van der Waals surface area contributed by atoms with Crippen LogP contribution >= 0.6 is 0 Å².